The van der Waals surface area contributed by atoms with Gasteiger partial charge in [-0.25, -0.2) is 0 Å². The largest absolute Gasteiger partial charge is 0.373 e. The summed E-state index contributed by atoms with van der Waals surface area (Å²) in [6.45, 7) is 6.94. The van der Waals surface area contributed by atoms with Crippen molar-refractivity contribution in [3.63, 3.8) is 0 Å². The van der Waals surface area contributed by atoms with Gasteiger partial charge in [0.05, 0.1) is 0 Å². The van der Waals surface area contributed by atoms with Gasteiger partial charge in [0.15, 0.2) is 0 Å². The first-order valence-electron chi connectivity index (χ1n) is 18.8. The molecule has 0 fully saturated rings. The zero-order valence-corrected chi connectivity index (χ0v) is 28.2. The lowest BCUT2D eigenvalue weighted by Crippen LogP contribution is -2.21. The van der Waals surface area contributed by atoms with E-state index in [0.717, 1.165) is 6.54 Å². The molecule has 0 aromatic carbocycles. The minimum atomic E-state index is 1.11. The molecule has 41 heavy (non-hydrogen) atoms. The highest BCUT2D eigenvalue weighted by Crippen LogP contribution is 2.18. The van der Waals surface area contributed by atoms with Crippen LogP contribution in [0.4, 0.5) is 0 Å². The monoisotopic (exact) mass is 568 g/mol. The molecule has 1 aliphatic rings. The van der Waals surface area contributed by atoms with Crippen LogP contribution < -0.4 is 0 Å². The van der Waals surface area contributed by atoms with Crippen LogP contribution in [0.5, 0.6) is 0 Å². The van der Waals surface area contributed by atoms with E-state index >= 15 is 0 Å². The van der Waals surface area contributed by atoms with Gasteiger partial charge >= 0.3 is 0 Å². The summed E-state index contributed by atoms with van der Waals surface area (Å²) in [6, 6.07) is 0. The number of allylic oxidation sites excluding steroid dienone is 6. The molecule has 1 rings (SSSR count). The smallest absolute Gasteiger partial charge is 0.0357 e. The van der Waals surface area contributed by atoms with E-state index < -0.39 is 0 Å². The standard InChI is InChI=1S/C40H73N/c1-3-5-7-9-11-13-15-17-19-21-23-25-27-29-31-33-37-41-38-34-36-40(39-41)35-32-30-28-26-24-22-20-18-16-14-12-10-8-6-4-2/h14,16-17,19,34,36,39H,3-13,15,18,20-33,35,37-38H2,1-2H3/b16-14-,19-17-. The molecule has 1 nitrogen and oxygen atoms in total. The molecule has 1 heteroatoms. The summed E-state index contributed by atoms with van der Waals surface area (Å²) in [4.78, 5) is 2.56. The Balaban J connectivity index is 1.87. The molecule has 0 bridgehead atoms. The lowest BCUT2D eigenvalue weighted by molar-refractivity contribution is 0.387. The van der Waals surface area contributed by atoms with E-state index in [9.17, 15) is 0 Å². The van der Waals surface area contributed by atoms with E-state index in [1.54, 1.807) is 5.57 Å². The second-order valence-corrected chi connectivity index (χ2v) is 12.9. The molecule has 238 valence electrons. The van der Waals surface area contributed by atoms with E-state index in [-0.39, 0.29) is 0 Å². The molecule has 1 heterocycles. The summed E-state index contributed by atoms with van der Waals surface area (Å²) in [5.74, 6) is 0. The van der Waals surface area contributed by atoms with Crippen LogP contribution in [0.25, 0.3) is 0 Å². The van der Waals surface area contributed by atoms with Crippen molar-refractivity contribution in [2.75, 3.05) is 13.1 Å². The third kappa shape index (κ3) is 27.4. The summed E-state index contributed by atoms with van der Waals surface area (Å²) in [6.07, 6.45) is 55.6. The highest BCUT2D eigenvalue weighted by molar-refractivity contribution is 5.22. The molecule has 0 amide bonds. The Kier molecular flexibility index (Phi) is 29.2. The summed E-state index contributed by atoms with van der Waals surface area (Å²) in [5.41, 5.74) is 1.56. The first-order valence-corrected chi connectivity index (χ1v) is 18.8. The molecular weight excluding hydrogens is 494 g/mol. The van der Waals surface area contributed by atoms with Gasteiger partial charge < -0.3 is 4.90 Å². The molecule has 0 atom stereocenters. The highest BCUT2D eigenvalue weighted by atomic mass is 15.1. The fourth-order valence-corrected chi connectivity index (χ4v) is 5.94. The van der Waals surface area contributed by atoms with E-state index in [0.29, 0.717) is 0 Å². The molecule has 0 spiro atoms. The Bertz CT molecular complexity index is 639. The molecule has 0 unspecified atom stereocenters. The normalized spacial score (nSPS) is 13.7. The second kappa shape index (κ2) is 31.7. The van der Waals surface area contributed by atoms with E-state index in [1.165, 1.54) is 186 Å². The Morgan fingerprint density at radius 1 is 0.488 bits per heavy atom. The third-order valence-corrected chi connectivity index (χ3v) is 8.70. The predicted molar refractivity (Wildman–Crippen MR) is 188 cm³/mol. The van der Waals surface area contributed by atoms with E-state index in [4.69, 9.17) is 0 Å². The maximum absolute atomic E-state index is 2.56. The van der Waals surface area contributed by atoms with Gasteiger partial charge in [0.2, 0.25) is 0 Å². The van der Waals surface area contributed by atoms with Crippen LogP contribution in [0.15, 0.2) is 48.2 Å². The van der Waals surface area contributed by atoms with Crippen molar-refractivity contribution in [2.45, 2.75) is 194 Å². The van der Waals surface area contributed by atoms with Gasteiger partial charge in [0.1, 0.15) is 0 Å². The quantitative estimate of drug-likeness (QED) is 0.0594. The maximum Gasteiger partial charge on any atom is 0.0357 e. The molecular formula is C40H73N. The van der Waals surface area contributed by atoms with E-state index in [2.05, 4.69) is 61.4 Å². The van der Waals surface area contributed by atoms with Gasteiger partial charge in [-0.15, -0.1) is 0 Å². The lowest BCUT2D eigenvalue weighted by Gasteiger charge is -2.23. The zero-order valence-electron chi connectivity index (χ0n) is 28.2. The fraction of sp³-hybridized carbons (Fsp3) is 0.800. The number of unbranched alkanes of at least 4 members (excludes halogenated alkanes) is 23. The van der Waals surface area contributed by atoms with Crippen LogP contribution in [0, 0.1) is 0 Å². The van der Waals surface area contributed by atoms with Crippen molar-refractivity contribution < 1.29 is 0 Å². The summed E-state index contributed by atoms with van der Waals surface area (Å²) >= 11 is 0. The topological polar surface area (TPSA) is 3.24 Å². The van der Waals surface area contributed by atoms with Gasteiger partial charge in [0.25, 0.3) is 0 Å². The molecule has 1 aliphatic heterocycles. The van der Waals surface area contributed by atoms with Crippen molar-refractivity contribution >= 4 is 0 Å². The Hall–Kier alpha value is -1.24. The molecule has 0 aromatic rings. The highest BCUT2D eigenvalue weighted by Gasteiger charge is 2.05. The zero-order chi connectivity index (χ0) is 29.3. The number of rotatable bonds is 31. The van der Waals surface area contributed by atoms with Crippen LogP contribution in [-0.4, -0.2) is 18.0 Å². The number of hydrogen-bond donors (Lipinski definition) is 0. The number of hydrogen-bond acceptors (Lipinski definition) is 1. The fourth-order valence-electron chi connectivity index (χ4n) is 5.94. The maximum atomic E-state index is 2.56. The second-order valence-electron chi connectivity index (χ2n) is 12.9. The van der Waals surface area contributed by atoms with Gasteiger partial charge in [-0.1, -0.05) is 159 Å². The van der Waals surface area contributed by atoms with Crippen LogP contribution in [0.3, 0.4) is 0 Å². The summed E-state index contributed by atoms with van der Waals surface area (Å²) < 4.78 is 0. The molecule has 0 saturated carbocycles. The Morgan fingerprint density at radius 3 is 1.37 bits per heavy atom. The molecule has 0 aliphatic carbocycles. The molecule has 0 saturated heterocycles. The van der Waals surface area contributed by atoms with Crippen LogP contribution >= 0.6 is 0 Å². The molecule has 0 aromatic heterocycles. The van der Waals surface area contributed by atoms with Crippen LogP contribution in [0.2, 0.25) is 0 Å². The van der Waals surface area contributed by atoms with Crippen LogP contribution in [0.1, 0.15) is 194 Å². The average Bonchev–Trinajstić information content (AvgIpc) is 2.99. The Morgan fingerprint density at radius 2 is 0.878 bits per heavy atom. The van der Waals surface area contributed by atoms with Gasteiger partial charge in [-0.3, -0.25) is 0 Å². The van der Waals surface area contributed by atoms with E-state index in [1.807, 2.05) is 0 Å². The van der Waals surface area contributed by atoms with Crippen LogP contribution in [-0.2, 0) is 0 Å². The molecule has 0 N–H and O–H groups in total. The van der Waals surface area contributed by atoms with Crippen molar-refractivity contribution in [2.24, 2.45) is 0 Å². The lowest BCUT2D eigenvalue weighted by atomic mass is 10.0. The van der Waals surface area contributed by atoms with Crippen molar-refractivity contribution in [3.8, 4) is 0 Å². The van der Waals surface area contributed by atoms with Gasteiger partial charge in [-0.2, -0.15) is 0 Å². The van der Waals surface area contributed by atoms with Gasteiger partial charge in [0, 0.05) is 19.3 Å². The first kappa shape index (κ1) is 37.8. The first-order chi connectivity index (χ1) is 20.4. The average molecular weight is 568 g/mol. The predicted octanol–water partition coefficient (Wildman–Crippen LogP) is 13.8. The minimum absolute atomic E-state index is 1.11. The third-order valence-electron chi connectivity index (χ3n) is 8.70. The Labute approximate surface area is 259 Å². The number of nitrogens with zero attached hydrogens (tertiary/aromatic N) is 1. The van der Waals surface area contributed by atoms with Crippen molar-refractivity contribution in [1.29, 1.82) is 0 Å². The van der Waals surface area contributed by atoms with Crippen molar-refractivity contribution in [3.05, 3.63) is 48.2 Å². The van der Waals surface area contributed by atoms with Crippen molar-refractivity contribution in [1.82, 2.24) is 4.90 Å². The molecule has 0 radical (unpaired) electrons. The SMILES string of the molecule is CCCCCC/C=C\CCCCCCCCCC1=CN(CCCCCCCC/C=C\CCCCCCCC)CC=C1. The van der Waals surface area contributed by atoms with Gasteiger partial charge in [-0.05, 0) is 76.2 Å². The summed E-state index contributed by atoms with van der Waals surface area (Å²) in [7, 11) is 0. The minimum Gasteiger partial charge on any atom is -0.373 e. The summed E-state index contributed by atoms with van der Waals surface area (Å²) in [5, 5.41) is 0.